The molecule has 0 aromatic rings. The number of unbranched alkanes of at least 4 members (excludes halogenated alkanes) is 14. The smallest absolute Gasteiger partial charge is 1.00 e. The van der Waals surface area contributed by atoms with Crippen molar-refractivity contribution in [3.8, 4) is 0 Å². The van der Waals surface area contributed by atoms with E-state index in [9.17, 15) is 9.59 Å². The summed E-state index contributed by atoms with van der Waals surface area (Å²) in [6.45, 7) is 3.55. The van der Waals surface area contributed by atoms with E-state index >= 15 is 0 Å². The number of ether oxygens (including phenoxy) is 1. The summed E-state index contributed by atoms with van der Waals surface area (Å²) in [7, 11) is 0. The van der Waals surface area contributed by atoms with Crippen LogP contribution in [0.1, 0.15) is 119 Å². The van der Waals surface area contributed by atoms with E-state index < -0.39 is 18.0 Å². The molecule has 0 bridgehead atoms. The SMILES string of the molecule is CCCCCCCCCCCCCCCCCC(=O)OC(=O)C(C)O.[H-].[H-].[Mg+2]. The maximum atomic E-state index is 11.3. The van der Waals surface area contributed by atoms with Crippen molar-refractivity contribution < 1.29 is 22.3 Å². The van der Waals surface area contributed by atoms with Crippen molar-refractivity contribution in [1.29, 1.82) is 0 Å². The molecule has 152 valence electrons. The van der Waals surface area contributed by atoms with Crippen molar-refractivity contribution >= 4 is 35.0 Å². The van der Waals surface area contributed by atoms with Crippen LogP contribution >= 0.6 is 0 Å². The Morgan fingerprint density at radius 1 is 0.769 bits per heavy atom. The summed E-state index contributed by atoms with van der Waals surface area (Å²) in [6, 6.07) is 0. The fourth-order valence-corrected chi connectivity index (χ4v) is 2.89. The molecule has 1 atom stereocenters. The number of aliphatic hydroxyl groups is 1. The van der Waals surface area contributed by atoms with Crippen LogP contribution in [0.15, 0.2) is 0 Å². The van der Waals surface area contributed by atoms with Gasteiger partial charge in [-0.3, -0.25) is 4.79 Å². The topological polar surface area (TPSA) is 63.6 Å². The van der Waals surface area contributed by atoms with Crippen molar-refractivity contribution in [3.63, 3.8) is 0 Å². The summed E-state index contributed by atoms with van der Waals surface area (Å²) in [5, 5.41) is 8.95. The van der Waals surface area contributed by atoms with E-state index in [-0.39, 0.29) is 32.3 Å². The van der Waals surface area contributed by atoms with E-state index in [0.717, 1.165) is 19.3 Å². The van der Waals surface area contributed by atoms with Crippen LogP contribution in [0.4, 0.5) is 0 Å². The Morgan fingerprint density at radius 2 is 1.12 bits per heavy atom. The normalized spacial score (nSPS) is 11.7. The molecule has 0 aliphatic carbocycles. The summed E-state index contributed by atoms with van der Waals surface area (Å²) >= 11 is 0. The Hall–Kier alpha value is -0.134. The molecule has 0 saturated heterocycles. The van der Waals surface area contributed by atoms with Gasteiger partial charge in [0.05, 0.1) is 0 Å². The molecule has 1 unspecified atom stereocenters. The second-order valence-electron chi connectivity index (χ2n) is 7.17. The van der Waals surface area contributed by atoms with Crippen molar-refractivity contribution in [3.05, 3.63) is 0 Å². The molecule has 5 heteroatoms. The standard InChI is InChI=1S/C21H40O4.Mg.2H/c1-3-4-5-6-7-8-9-10-11-12-13-14-15-16-17-18-20(23)25-21(24)19(2)22;;;/h19,22H,3-18H2,1-2H3;;;/q;+2;2*-1. The van der Waals surface area contributed by atoms with Gasteiger partial charge < -0.3 is 12.7 Å². The van der Waals surface area contributed by atoms with E-state index in [1.807, 2.05) is 0 Å². The minimum atomic E-state index is -1.23. The number of aliphatic hydroxyl groups excluding tert-OH is 1. The number of carbonyl (C=O) groups excluding carboxylic acids is 2. The van der Waals surface area contributed by atoms with Gasteiger partial charge in [0.1, 0.15) is 6.10 Å². The number of hydrogen-bond donors (Lipinski definition) is 1. The number of rotatable bonds is 17. The first kappa shape index (κ1) is 28.1. The minimum Gasteiger partial charge on any atom is -1.00 e. The van der Waals surface area contributed by atoms with Gasteiger partial charge in [-0.1, -0.05) is 96.8 Å². The van der Waals surface area contributed by atoms with Gasteiger partial charge in [0, 0.05) is 6.42 Å². The average Bonchev–Trinajstić information content (AvgIpc) is 2.58. The second kappa shape index (κ2) is 21.2. The fraction of sp³-hybridized carbons (Fsp3) is 0.905. The summed E-state index contributed by atoms with van der Waals surface area (Å²) in [5.41, 5.74) is 0. The molecule has 1 N–H and O–H groups in total. The second-order valence-corrected chi connectivity index (χ2v) is 7.17. The zero-order valence-electron chi connectivity index (χ0n) is 19.3. The van der Waals surface area contributed by atoms with Crippen LogP contribution in [0.3, 0.4) is 0 Å². The molecule has 0 aromatic carbocycles. The Kier molecular flexibility index (Phi) is 22.9. The first-order valence-electron chi connectivity index (χ1n) is 10.5. The molecule has 0 aliphatic rings. The van der Waals surface area contributed by atoms with Gasteiger partial charge in [0.25, 0.3) is 0 Å². The van der Waals surface area contributed by atoms with Crippen LogP contribution in [0.2, 0.25) is 0 Å². The number of hydrogen-bond acceptors (Lipinski definition) is 4. The molecule has 0 radical (unpaired) electrons. The van der Waals surface area contributed by atoms with Crippen molar-refractivity contribution in [1.82, 2.24) is 0 Å². The van der Waals surface area contributed by atoms with E-state index in [1.54, 1.807) is 0 Å². The minimum absolute atomic E-state index is 0. The molecule has 0 heterocycles. The van der Waals surface area contributed by atoms with Gasteiger partial charge in [-0.15, -0.1) is 0 Å². The number of esters is 2. The third kappa shape index (κ3) is 20.2. The molecular formula is C21H42MgO4. The van der Waals surface area contributed by atoms with Crippen LogP contribution in [0.25, 0.3) is 0 Å². The van der Waals surface area contributed by atoms with Crippen molar-refractivity contribution in [2.24, 2.45) is 0 Å². The molecule has 4 nitrogen and oxygen atoms in total. The molecule has 0 saturated carbocycles. The first-order valence-corrected chi connectivity index (χ1v) is 10.5. The van der Waals surface area contributed by atoms with Crippen LogP contribution < -0.4 is 0 Å². The monoisotopic (exact) mass is 382 g/mol. The van der Waals surface area contributed by atoms with E-state index in [1.165, 1.54) is 84.0 Å². The van der Waals surface area contributed by atoms with E-state index in [0.29, 0.717) is 0 Å². The van der Waals surface area contributed by atoms with Crippen LogP contribution in [0.5, 0.6) is 0 Å². The summed E-state index contributed by atoms with van der Waals surface area (Å²) < 4.78 is 4.50. The van der Waals surface area contributed by atoms with Gasteiger partial charge in [-0.05, 0) is 13.3 Å². The van der Waals surface area contributed by atoms with Gasteiger partial charge >= 0.3 is 35.0 Å². The summed E-state index contributed by atoms with van der Waals surface area (Å²) in [4.78, 5) is 22.4. The Bertz CT molecular complexity index is 342. The van der Waals surface area contributed by atoms with Gasteiger partial charge in [-0.2, -0.15) is 0 Å². The summed E-state index contributed by atoms with van der Waals surface area (Å²) in [6.07, 6.45) is 18.2. The zero-order chi connectivity index (χ0) is 18.8. The van der Waals surface area contributed by atoms with Crippen molar-refractivity contribution in [2.45, 2.75) is 123 Å². The predicted molar refractivity (Wildman–Crippen MR) is 110 cm³/mol. The molecule has 0 amide bonds. The van der Waals surface area contributed by atoms with Crippen LogP contribution in [-0.2, 0) is 14.3 Å². The number of carbonyl (C=O) groups is 2. The Morgan fingerprint density at radius 3 is 1.46 bits per heavy atom. The van der Waals surface area contributed by atoms with Crippen LogP contribution in [0, 0.1) is 0 Å². The molecule has 26 heavy (non-hydrogen) atoms. The maximum Gasteiger partial charge on any atom is 2.00 e. The van der Waals surface area contributed by atoms with Crippen LogP contribution in [-0.4, -0.2) is 46.2 Å². The molecule has 0 aliphatic heterocycles. The molecular weight excluding hydrogens is 341 g/mol. The third-order valence-electron chi connectivity index (χ3n) is 4.54. The Labute approximate surface area is 180 Å². The van der Waals surface area contributed by atoms with Gasteiger partial charge in [-0.25, -0.2) is 4.79 Å². The fourth-order valence-electron chi connectivity index (χ4n) is 2.89. The molecule has 0 rings (SSSR count). The largest absolute Gasteiger partial charge is 2.00 e. The predicted octanol–water partition coefficient (Wildman–Crippen LogP) is 5.54. The summed E-state index contributed by atoms with van der Waals surface area (Å²) in [5.74, 6) is -1.38. The van der Waals surface area contributed by atoms with Gasteiger partial charge in [0.15, 0.2) is 0 Å². The third-order valence-corrected chi connectivity index (χ3v) is 4.54. The van der Waals surface area contributed by atoms with Crippen molar-refractivity contribution in [2.75, 3.05) is 0 Å². The Balaban J connectivity index is -0.000000960. The zero-order valence-corrected chi connectivity index (χ0v) is 18.7. The maximum absolute atomic E-state index is 11.3. The quantitative estimate of drug-likeness (QED) is 0.155. The first-order chi connectivity index (χ1) is 12.1. The molecule has 0 aromatic heterocycles. The van der Waals surface area contributed by atoms with E-state index in [2.05, 4.69) is 11.7 Å². The van der Waals surface area contributed by atoms with E-state index in [4.69, 9.17) is 5.11 Å². The average molecular weight is 383 g/mol. The van der Waals surface area contributed by atoms with Gasteiger partial charge in [0.2, 0.25) is 0 Å². The molecule has 0 fully saturated rings. The molecule has 0 spiro atoms.